The zero-order valence-corrected chi connectivity index (χ0v) is 13.5. The zero-order chi connectivity index (χ0) is 14.3. The summed E-state index contributed by atoms with van der Waals surface area (Å²) in [5.74, 6) is 1.26. The van der Waals surface area contributed by atoms with Gasteiger partial charge in [-0.25, -0.2) is 0 Å². The summed E-state index contributed by atoms with van der Waals surface area (Å²) in [7, 11) is 0. The molecule has 1 aliphatic rings. The summed E-state index contributed by atoms with van der Waals surface area (Å²) in [6.45, 7) is 10.0. The van der Waals surface area contributed by atoms with Crippen LogP contribution in [0.2, 0.25) is 0 Å². The predicted molar refractivity (Wildman–Crippen MR) is 83.8 cm³/mol. The summed E-state index contributed by atoms with van der Waals surface area (Å²) in [6, 6.07) is 0.553. The van der Waals surface area contributed by atoms with E-state index in [9.17, 15) is 0 Å². The maximum atomic E-state index is 6.68. The summed E-state index contributed by atoms with van der Waals surface area (Å²) in [4.78, 5) is 0. The summed E-state index contributed by atoms with van der Waals surface area (Å²) < 4.78 is 0. The van der Waals surface area contributed by atoms with Gasteiger partial charge >= 0.3 is 0 Å². The Hall–Kier alpha value is -0.120. The van der Waals surface area contributed by atoms with Crippen LogP contribution in [0.3, 0.4) is 0 Å². The van der Waals surface area contributed by atoms with Crippen LogP contribution in [0.4, 0.5) is 0 Å². The van der Waals surface area contributed by atoms with E-state index in [1.807, 2.05) is 0 Å². The number of nitrogens with one attached hydrogen (secondary N) is 2. The molecule has 1 heterocycles. The molecule has 114 valence electrons. The van der Waals surface area contributed by atoms with Gasteiger partial charge in [0.15, 0.2) is 0 Å². The van der Waals surface area contributed by atoms with Crippen LogP contribution in [0, 0.1) is 11.8 Å². The van der Waals surface area contributed by atoms with Gasteiger partial charge < -0.3 is 5.73 Å². The van der Waals surface area contributed by atoms with E-state index in [2.05, 4.69) is 38.5 Å². The van der Waals surface area contributed by atoms with E-state index in [1.54, 1.807) is 0 Å². The quantitative estimate of drug-likeness (QED) is 0.622. The van der Waals surface area contributed by atoms with Crippen molar-refractivity contribution in [1.82, 2.24) is 10.9 Å². The van der Waals surface area contributed by atoms with Gasteiger partial charge in [-0.15, -0.1) is 0 Å². The van der Waals surface area contributed by atoms with E-state index in [0.29, 0.717) is 17.9 Å². The number of rotatable bonds is 7. The normalized spacial score (nSPS) is 30.3. The minimum atomic E-state index is -0.0388. The highest BCUT2D eigenvalue weighted by Gasteiger charge is 2.34. The van der Waals surface area contributed by atoms with E-state index >= 15 is 0 Å². The molecule has 3 nitrogen and oxygen atoms in total. The van der Waals surface area contributed by atoms with E-state index in [0.717, 1.165) is 13.0 Å². The summed E-state index contributed by atoms with van der Waals surface area (Å²) in [5, 5.41) is 0. The predicted octanol–water partition coefficient (Wildman–Crippen LogP) is 3.20. The number of unbranched alkanes of at least 4 members (excludes halogenated alkanes) is 3. The average molecular weight is 269 g/mol. The topological polar surface area (TPSA) is 50.1 Å². The Bertz CT molecular complexity index is 242. The fraction of sp³-hybridized carbons (Fsp3) is 1.00. The fourth-order valence-electron chi connectivity index (χ4n) is 3.02. The molecule has 1 aliphatic heterocycles. The first-order valence-corrected chi connectivity index (χ1v) is 8.27. The molecule has 0 aromatic rings. The molecule has 0 amide bonds. The van der Waals surface area contributed by atoms with Crippen molar-refractivity contribution >= 4 is 0 Å². The molecule has 1 rings (SSSR count). The van der Waals surface area contributed by atoms with E-state index in [-0.39, 0.29) is 5.54 Å². The molecule has 0 aromatic carbocycles. The van der Waals surface area contributed by atoms with E-state index in [4.69, 9.17) is 5.73 Å². The van der Waals surface area contributed by atoms with Gasteiger partial charge in [0.05, 0.1) is 0 Å². The Balaban J connectivity index is 2.41. The van der Waals surface area contributed by atoms with Crippen LogP contribution in [-0.4, -0.2) is 18.1 Å². The summed E-state index contributed by atoms with van der Waals surface area (Å²) in [5.41, 5.74) is 13.5. The van der Waals surface area contributed by atoms with Gasteiger partial charge in [-0.1, -0.05) is 53.4 Å². The second-order valence-electron chi connectivity index (χ2n) is 6.87. The van der Waals surface area contributed by atoms with Gasteiger partial charge in [0, 0.05) is 18.1 Å². The Kier molecular flexibility index (Phi) is 7.33. The molecule has 0 saturated carbocycles. The molecule has 4 N–H and O–H groups in total. The molecule has 0 spiro atoms. The summed E-state index contributed by atoms with van der Waals surface area (Å²) in [6.07, 6.45) is 8.94. The van der Waals surface area contributed by atoms with Crippen LogP contribution >= 0.6 is 0 Å². The second-order valence-corrected chi connectivity index (χ2v) is 6.87. The molecule has 3 atom stereocenters. The molecule has 3 heteroatoms. The van der Waals surface area contributed by atoms with Crippen molar-refractivity contribution in [1.29, 1.82) is 0 Å². The standard InChI is InChI=1S/C16H35N3/c1-5-6-7-8-9-14(4)16(17)11-10-15(13(2)3)19-18-12-16/h13-15,18-19H,5-12,17H2,1-4H3. The third-order valence-corrected chi connectivity index (χ3v) is 4.90. The third-order valence-electron chi connectivity index (χ3n) is 4.90. The highest BCUT2D eigenvalue weighted by atomic mass is 15.4. The molecule has 1 saturated heterocycles. The van der Waals surface area contributed by atoms with Crippen molar-refractivity contribution in [3.8, 4) is 0 Å². The molecular formula is C16H35N3. The Morgan fingerprint density at radius 1 is 1.21 bits per heavy atom. The zero-order valence-electron chi connectivity index (χ0n) is 13.5. The number of hydrazine groups is 1. The van der Waals surface area contributed by atoms with Crippen LogP contribution in [-0.2, 0) is 0 Å². The van der Waals surface area contributed by atoms with Crippen LogP contribution in [0.25, 0.3) is 0 Å². The lowest BCUT2D eigenvalue weighted by Gasteiger charge is -2.34. The number of nitrogens with two attached hydrogens (primary N) is 1. The van der Waals surface area contributed by atoms with Gasteiger partial charge in [-0.3, -0.25) is 10.9 Å². The lowest BCUT2D eigenvalue weighted by molar-refractivity contribution is 0.247. The Morgan fingerprint density at radius 2 is 1.95 bits per heavy atom. The first kappa shape index (κ1) is 16.9. The van der Waals surface area contributed by atoms with Crippen molar-refractivity contribution in [2.75, 3.05) is 6.54 Å². The molecule has 3 unspecified atom stereocenters. The van der Waals surface area contributed by atoms with Crippen molar-refractivity contribution in [2.45, 2.75) is 84.2 Å². The first-order valence-electron chi connectivity index (χ1n) is 8.27. The maximum Gasteiger partial charge on any atom is 0.0321 e. The van der Waals surface area contributed by atoms with Gasteiger partial charge in [0.2, 0.25) is 0 Å². The van der Waals surface area contributed by atoms with Crippen molar-refractivity contribution in [3.63, 3.8) is 0 Å². The lowest BCUT2D eigenvalue weighted by Crippen LogP contribution is -2.54. The molecule has 0 radical (unpaired) electrons. The van der Waals surface area contributed by atoms with E-state index < -0.39 is 0 Å². The second kappa shape index (κ2) is 8.23. The minimum absolute atomic E-state index is 0.0388. The van der Waals surface area contributed by atoms with Gasteiger partial charge in [0.1, 0.15) is 0 Å². The van der Waals surface area contributed by atoms with Crippen LogP contribution in [0.1, 0.15) is 72.6 Å². The average Bonchev–Trinajstić information content (AvgIpc) is 2.57. The van der Waals surface area contributed by atoms with Crippen LogP contribution in [0.5, 0.6) is 0 Å². The number of hydrogen-bond acceptors (Lipinski definition) is 3. The summed E-state index contributed by atoms with van der Waals surface area (Å²) >= 11 is 0. The van der Waals surface area contributed by atoms with Crippen LogP contribution in [0.15, 0.2) is 0 Å². The Labute approximate surface area is 120 Å². The van der Waals surface area contributed by atoms with Gasteiger partial charge in [-0.2, -0.15) is 0 Å². The van der Waals surface area contributed by atoms with Crippen LogP contribution < -0.4 is 16.6 Å². The fourth-order valence-corrected chi connectivity index (χ4v) is 3.02. The third kappa shape index (κ3) is 5.41. The Morgan fingerprint density at radius 3 is 2.58 bits per heavy atom. The molecule has 0 aliphatic carbocycles. The lowest BCUT2D eigenvalue weighted by atomic mass is 9.78. The molecule has 0 bridgehead atoms. The molecule has 19 heavy (non-hydrogen) atoms. The van der Waals surface area contributed by atoms with Gasteiger partial charge in [-0.05, 0) is 31.1 Å². The first-order chi connectivity index (χ1) is 8.99. The molecule has 1 fully saturated rings. The minimum Gasteiger partial charge on any atom is -0.324 e. The van der Waals surface area contributed by atoms with Crippen molar-refractivity contribution in [2.24, 2.45) is 17.6 Å². The van der Waals surface area contributed by atoms with Gasteiger partial charge in [0.25, 0.3) is 0 Å². The highest BCUT2D eigenvalue weighted by molar-refractivity contribution is 4.94. The molecule has 0 aromatic heterocycles. The highest BCUT2D eigenvalue weighted by Crippen LogP contribution is 2.28. The van der Waals surface area contributed by atoms with Crippen molar-refractivity contribution in [3.05, 3.63) is 0 Å². The smallest absolute Gasteiger partial charge is 0.0321 e. The van der Waals surface area contributed by atoms with E-state index in [1.165, 1.54) is 38.5 Å². The SMILES string of the molecule is CCCCCCC(C)C1(N)CCC(C(C)C)NNC1. The molecular weight excluding hydrogens is 234 g/mol. The maximum absolute atomic E-state index is 6.68. The largest absolute Gasteiger partial charge is 0.324 e. The monoisotopic (exact) mass is 269 g/mol. The number of hydrogen-bond donors (Lipinski definition) is 3. The van der Waals surface area contributed by atoms with Crippen molar-refractivity contribution < 1.29 is 0 Å².